The van der Waals surface area contributed by atoms with Crippen LogP contribution in [0.2, 0.25) is 5.02 Å². The third kappa shape index (κ3) is 6.57. The second-order valence-corrected chi connectivity index (χ2v) is 6.10. The monoisotopic (exact) mass is 373 g/mol. The normalized spacial score (nSPS) is 10.1. The van der Waals surface area contributed by atoms with Crippen LogP contribution in [0, 0.1) is 0 Å². The Kier molecular flexibility index (Phi) is 7.17. The summed E-state index contributed by atoms with van der Waals surface area (Å²) in [7, 11) is 0. The lowest BCUT2D eigenvalue weighted by Gasteiger charge is -2.08. The Morgan fingerprint density at radius 1 is 0.885 bits per heavy atom. The lowest BCUT2D eigenvalue weighted by Crippen LogP contribution is -2.35. The fourth-order valence-electron chi connectivity index (χ4n) is 2.24. The molecule has 0 aliphatic heterocycles. The van der Waals surface area contributed by atoms with Gasteiger partial charge in [-0.15, -0.1) is 0 Å². The molecule has 0 aliphatic carbocycles. The van der Waals surface area contributed by atoms with Crippen LogP contribution in [-0.4, -0.2) is 30.8 Å². The summed E-state index contributed by atoms with van der Waals surface area (Å²) >= 11 is 5.78. The molecule has 2 aromatic rings. The van der Waals surface area contributed by atoms with Gasteiger partial charge in [0.25, 0.3) is 5.91 Å². The molecule has 2 rings (SSSR count). The highest BCUT2D eigenvalue weighted by Crippen LogP contribution is 2.10. The highest BCUT2D eigenvalue weighted by molar-refractivity contribution is 6.30. The summed E-state index contributed by atoms with van der Waals surface area (Å²) in [5, 5.41) is 8.71. The zero-order valence-electron chi connectivity index (χ0n) is 14.3. The number of carbonyl (C=O) groups is 3. The summed E-state index contributed by atoms with van der Waals surface area (Å²) < 4.78 is 0. The van der Waals surface area contributed by atoms with Crippen molar-refractivity contribution < 1.29 is 14.4 Å². The SMILES string of the molecule is CC(=O)Nc1ccc(CC(=O)NCCNC(=O)c2ccc(Cl)cc2)cc1. The summed E-state index contributed by atoms with van der Waals surface area (Å²) in [5.74, 6) is -0.501. The smallest absolute Gasteiger partial charge is 0.251 e. The quantitative estimate of drug-likeness (QED) is 0.651. The Balaban J connectivity index is 1.69. The van der Waals surface area contributed by atoms with Gasteiger partial charge in [-0.3, -0.25) is 14.4 Å². The van der Waals surface area contributed by atoms with Crippen LogP contribution < -0.4 is 16.0 Å². The summed E-state index contributed by atoms with van der Waals surface area (Å²) in [6, 6.07) is 13.6. The minimum absolute atomic E-state index is 0.141. The van der Waals surface area contributed by atoms with Crippen LogP contribution >= 0.6 is 11.6 Å². The van der Waals surface area contributed by atoms with Crippen molar-refractivity contribution in [2.24, 2.45) is 0 Å². The Morgan fingerprint density at radius 3 is 2.12 bits per heavy atom. The first-order valence-electron chi connectivity index (χ1n) is 8.11. The average molecular weight is 374 g/mol. The van der Waals surface area contributed by atoms with Crippen molar-refractivity contribution in [2.75, 3.05) is 18.4 Å². The first-order chi connectivity index (χ1) is 12.4. The number of halogens is 1. The molecule has 6 nitrogen and oxygen atoms in total. The molecule has 0 heterocycles. The molecule has 3 amide bonds. The van der Waals surface area contributed by atoms with Crippen molar-refractivity contribution in [3.63, 3.8) is 0 Å². The van der Waals surface area contributed by atoms with Crippen molar-refractivity contribution in [2.45, 2.75) is 13.3 Å². The van der Waals surface area contributed by atoms with Gasteiger partial charge in [-0.25, -0.2) is 0 Å². The predicted molar refractivity (Wildman–Crippen MR) is 101 cm³/mol. The van der Waals surface area contributed by atoms with Gasteiger partial charge in [0.1, 0.15) is 0 Å². The average Bonchev–Trinajstić information content (AvgIpc) is 2.60. The lowest BCUT2D eigenvalue weighted by molar-refractivity contribution is -0.120. The van der Waals surface area contributed by atoms with Gasteiger partial charge < -0.3 is 16.0 Å². The molecule has 3 N–H and O–H groups in total. The van der Waals surface area contributed by atoms with Crippen LogP contribution in [0.5, 0.6) is 0 Å². The molecule has 2 aromatic carbocycles. The maximum absolute atomic E-state index is 11.9. The van der Waals surface area contributed by atoms with E-state index in [1.165, 1.54) is 6.92 Å². The van der Waals surface area contributed by atoms with Crippen molar-refractivity contribution in [1.29, 1.82) is 0 Å². The molecular formula is C19H20ClN3O3. The molecule has 0 aliphatic rings. The van der Waals surface area contributed by atoms with E-state index in [4.69, 9.17) is 11.6 Å². The highest BCUT2D eigenvalue weighted by atomic mass is 35.5. The van der Waals surface area contributed by atoms with Gasteiger partial charge in [-0.1, -0.05) is 23.7 Å². The van der Waals surface area contributed by atoms with E-state index < -0.39 is 0 Å². The van der Waals surface area contributed by atoms with Crippen molar-refractivity contribution in [3.8, 4) is 0 Å². The Hall–Kier alpha value is -2.86. The lowest BCUT2D eigenvalue weighted by atomic mass is 10.1. The predicted octanol–water partition coefficient (Wildman–Crippen LogP) is 2.39. The van der Waals surface area contributed by atoms with E-state index in [1.807, 2.05) is 0 Å². The fraction of sp³-hybridized carbons (Fsp3) is 0.211. The number of nitrogens with one attached hydrogen (secondary N) is 3. The third-order valence-electron chi connectivity index (χ3n) is 3.48. The number of anilines is 1. The maximum Gasteiger partial charge on any atom is 0.251 e. The molecule has 0 atom stereocenters. The molecule has 0 saturated carbocycles. The molecule has 0 spiro atoms. The number of amides is 3. The van der Waals surface area contributed by atoms with Crippen LogP contribution in [-0.2, 0) is 16.0 Å². The van der Waals surface area contributed by atoms with Gasteiger partial charge in [0.2, 0.25) is 11.8 Å². The van der Waals surface area contributed by atoms with E-state index in [0.29, 0.717) is 29.4 Å². The molecule has 26 heavy (non-hydrogen) atoms. The van der Waals surface area contributed by atoms with E-state index in [9.17, 15) is 14.4 Å². The second kappa shape index (κ2) is 9.58. The molecule has 7 heteroatoms. The molecule has 0 bridgehead atoms. The minimum atomic E-state index is -0.218. The fourth-order valence-corrected chi connectivity index (χ4v) is 2.36. The van der Waals surface area contributed by atoms with Crippen LogP contribution in [0.1, 0.15) is 22.8 Å². The van der Waals surface area contributed by atoms with Gasteiger partial charge in [0.05, 0.1) is 6.42 Å². The van der Waals surface area contributed by atoms with Crippen LogP contribution in [0.15, 0.2) is 48.5 Å². The van der Waals surface area contributed by atoms with Crippen molar-refractivity contribution >= 4 is 35.0 Å². The minimum Gasteiger partial charge on any atom is -0.354 e. The first kappa shape index (κ1) is 19.5. The molecular weight excluding hydrogens is 354 g/mol. The molecule has 0 radical (unpaired) electrons. The van der Waals surface area contributed by atoms with E-state index in [1.54, 1.807) is 48.5 Å². The van der Waals surface area contributed by atoms with Crippen molar-refractivity contribution in [1.82, 2.24) is 10.6 Å². The first-order valence-corrected chi connectivity index (χ1v) is 8.49. The van der Waals surface area contributed by atoms with E-state index in [2.05, 4.69) is 16.0 Å². The number of hydrogen-bond acceptors (Lipinski definition) is 3. The molecule has 0 fully saturated rings. The van der Waals surface area contributed by atoms with Gasteiger partial charge >= 0.3 is 0 Å². The summed E-state index contributed by atoms with van der Waals surface area (Å²) in [6.07, 6.45) is 0.228. The summed E-state index contributed by atoms with van der Waals surface area (Å²) in [4.78, 5) is 34.8. The molecule has 136 valence electrons. The van der Waals surface area contributed by atoms with Gasteiger partial charge in [0.15, 0.2) is 0 Å². The largest absolute Gasteiger partial charge is 0.354 e. The van der Waals surface area contributed by atoms with Gasteiger partial charge in [-0.05, 0) is 42.0 Å². The highest BCUT2D eigenvalue weighted by Gasteiger charge is 2.06. The van der Waals surface area contributed by atoms with E-state index in [0.717, 1.165) is 5.56 Å². The standard InChI is InChI=1S/C19H20ClN3O3/c1-13(24)23-17-8-2-14(3-9-17)12-18(25)21-10-11-22-19(26)15-4-6-16(20)7-5-15/h2-9H,10-12H2,1H3,(H,21,25)(H,22,26)(H,23,24). The third-order valence-corrected chi connectivity index (χ3v) is 3.73. The molecule has 0 saturated heterocycles. The molecule has 0 unspecified atom stereocenters. The van der Waals surface area contributed by atoms with E-state index in [-0.39, 0.29) is 24.1 Å². The van der Waals surface area contributed by atoms with Gasteiger partial charge in [-0.2, -0.15) is 0 Å². The topological polar surface area (TPSA) is 87.3 Å². The van der Waals surface area contributed by atoms with Crippen molar-refractivity contribution in [3.05, 3.63) is 64.7 Å². The van der Waals surface area contributed by atoms with Crippen LogP contribution in [0.25, 0.3) is 0 Å². The second-order valence-electron chi connectivity index (χ2n) is 5.67. The number of benzene rings is 2. The number of rotatable bonds is 7. The zero-order chi connectivity index (χ0) is 18.9. The number of hydrogen-bond donors (Lipinski definition) is 3. The Labute approximate surface area is 156 Å². The molecule has 0 aromatic heterocycles. The van der Waals surface area contributed by atoms with Crippen LogP contribution in [0.4, 0.5) is 5.69 Å². The zero-order valence-corrected chi connectivity index (χ0v) is 15.1. The summed E-state index contributed by atoms with van der Waals surface area (Å²) in [6.45, 7) is 2.10. The summed E-state index contributed by atoms with van der Waals surface area (Å²) in [5.41, 5.74) is 2.04. The van der Waals surface area contributed by atoms with E-state index >= 15 is 0 Å². The Bertz CT molecular complexity index is 774. The Morgan fingerprint density at radius 2 is 1.50 bits per heavy atom. The number of carbonyl (C=O) groups excluding carboxylic acids is 3. The maximum atomic E-state index is 11.9. The van der Waals surface area contributed by atoms with Gasteiger partial charge in [0, 0.05) is 36.3 Å². The van der Waals surface area contributed by atoms with Crippen LogP contribution in [0.3, 0.4) is 0 Å².